The number of nitriles is 1. The van der Waals surface area contributed by atoms with E-state index in [4.69, 9.17) is 16.9 Å². The Hall–Kier alpha value is -1.62. The number of halogens is 2. The highest BCUT2D eigenvalue weighted by Crippen LogP contribution is 2.23. The Balaban J connectivity index is 2.36. The molecule has 0 atom stereocenters. The second-order valence-electron chi connectivity index (χ2n) is 4.19. The fourth-order valence-corrected chi connectivity index (χ4v) is 3.15. The van der Waals surface area contributed by atoms with E-state index in [9.17, 15) is 8.42 Å². The Morgan fingerprint density at radius 2 is 2.10 bits per heavy atom. The van der Waals surface area contributed by atoms with Gasteiger partial charge in [-0.05, 0) is 52.7 Å². The third kappa shape index (κ3) is 3.53. The Morgan fingerprint density at radius 3 is 2.67 bits per heavy atom. The smallest absolute Gasteiger partial charge is 0.261 e. The molecule has 108 valence electrons. The Kier molecular flexibility index (Phi) is 4.52. The van der Waals surface area contributed by atoms with Crippen LogP contribution in [0.1, 0.15) is 11.1 Å². The largest absolute Gasteiger partial charge is 0.278 e. The molecule has 0 fully saturated rings. The first-order valence-electron chi connectivity index (χ1n) is 5.68. The maximum Gasteiger partial charge on any atom is 0.261 e. The molecule has 8 heteroatoms. The number of anilines is 1. The molecule has 0 radical (unpaired) electrons. The quantitative estimate of drug-likeness (QED) is 0.819. The minimum Gasteiger partial charge on any atom is -0.278 e. The van der Waals surface area contributed by atoms with Crippen LogP contribution in [0.2, 0.25) is 5.02 Å². The van der Waals surface area contributed by atoms with E-state index < -0.39 is 10.0 Å². The Bertz CT molecular complexity index is 847. The number of hydrogen-bond acceptors (Lipinski definition) is 4. The van der Waals surface area contributed by atoms with Crippen molar-refractivity contribution in [2.24, 2.45) is 0 Å². The topological polar surface area (TPSA) is 82.9 Å². The van der Waals surface area contributed by atoms with Gasteiger partial charge < -0.3 is 0 Å². The summed E-state index contributed by atoms with van der Waals surface area (Å²) in [5.74, 6) is 0. The van der Waals surface area contributed by atoms with Gasteiger partial charge in [0.25, 0.3) is 10.0 Å². The van der Waals surface area contributed by atoms with E-state index in [1.165, 1.54) is 24.4 Å². The summed E-state index contributed by atoms with van der Waals surface area (Å²) < 4.78 is 27.6. The Labute approximate surface area is 135 Å². The molecule has 5 nitrogen and oxygen atoms in total. The van der Waals surface area contributed by atoms with Gasteiger partial charge in [-0.1, -0.05) is 11.6 Å². The van der Waals surface area contributed by atoms with Crippen LogP contribution >= 0.6 is 27.5 Å². The molecule has 0 bridgehead atoms. The molecule has 0 saturated carbocycles. The minimum atomic E-state index is -3.79. The summed E-state index contributed by atoms with van der Waals surface area (Å²) in [7, 11) is -3.79. The zero-order chi connectivity index (χ0) is 15.6. The second kappa shape index (κ2) is 6.02. The first-order chi connectivity index (χ1) is 9.83. The van der Waals surface area contributed by atoms with Gasteiger partial charge in [-0.2, -0.15) is 5.26 Å². The number of hydrogen-bond donors (Lipinski definition) is 1. The summed E-state index contributed by atoms with van der Waals surface area (Å²) in [5.41, 5.74) is 1.36. The highest BCUT2D eigenvalue weighted by atomic mass is 79.9. The summed E-state index contributed by atoms with van der Waals surface area (Å²) in [5, 5.41) is 8.88. The number of aryl methyl sites for hydroxylation is 1. The monoisotopic (exact) mass is 385 g/mol. The zero-order valence-electron chi connectivity index (χ0n) is 10.8. The van der Waals surface area contributed by atoms with Crippen LogP contribution in [-0.4, -0.2) is 13.4 Å². The van der Waals surface area contributed by atoms with Gasteiger partial charge in [0.05, 0.1) is 27.4 Å². The van der Waals surface area contributed by atoms with Gasteiger partial charge >= 0.3 is 0 Å². The number of benzene rings is 1. The lowest BCUT2D eigenvalue weighted by atomic mass is 10.2. The molecule has 2 rings (SSSR count). The molecule has 1 aromatic carbocycles. The molecule has 0 aliphatic carbocycles. The highest BCUT2D eigenvalue weighted by molar-refractivity contribution is 9.10. The lowest BCUT2D eigenvalue weighted by Crippen LogP contribution is -2.13. The lowest BCUT2D eigenvalue weighted by Gasteiger charge is -2.09. The first kappa shape index (κ1) is 15.8. The molecule has 1 heterocycles. The van der Waals surface area contributed by atoms with Crippen molar-refractivity contribution in [1.82, 2.24) is 4.98 Å². The third-order valence-corrected chi connectivity index (χ3v) is 5.16. The van der Waals surface area contributed by atoms with Gasteiger partial charge in [-0.25, -0.2) is 13.4 Å². The lowest BCUT2D eigenvalue weighted by molar-refractivity contribution is 0.601. The van der Waals surface area contributed by atoms with Crippen LogP contribution in [0.25, 0.3) is 0 Å². The summed E-state index contributed by atoms with van der Waals surface area (Å²) in [6, 6.07) is 7.45. The summed E-state index contributed by atoms with van der Waals surface area (Å²) >= 11 is 9.09. The van der Waals surface area contributed by atoms with Gasteiger partial charge in [-0.3, -0.25) is 4.72 Å². The highest BCUT2D eigenvalue weighted by Gasteiger charge is 2.16. The van der Waals surface area contributed by atoms with E-state index in [1.807, 2.05) is 6.07 Å². The van der Waals surface area contributed by atoms with E-state index in [-0.39, 0.29) is 15.5 Å². The van der Waals surface area contributed by atoms with Crippen molar-refractivity contribution in [3.8, 4) is 6.07 Å². The van der Waals surface area contributed by atoms with Crippen LogP contribution in [0.3, 0.4) is 0 Å². The Morgan fingerprint density at radius 1 is 1.38 bits per heavy atom. The number of nitrogens with one attached hydrogen (secondary N) is 1. The van der Waals surface area contributed by atoms with Gasteiger partial charge in [-0.15, -0.1) is 0 Å². The molecular formula is C13H9BrClN3O2S. The van der Waals surface area contributed by atoms with Crippen LogP contribution in [0, 0.1) is 18.3 Å². The fraction of sp³-hybridized carbons (Fsp3) is 0.0769. The number of rotatable bonds is 3. The van der Waals surface area contributed by atoms with Crippen molar-refractivity contribution in [2.45, 2.75) is 11.8 Å². The van der Waals surface area contributed by atoms with Crippen molar-refractivity contribution in [2.75, 3.05) is 4.72 Å². The molecule has 2 aromatic rings. The first-order valence-corrected chi connectivity index (χ1v) is 8.33. The molecule has 0 spiro atoms. The molecule has 0 amide bonds. The van der Waals surface area contributed by atoms with Crippen LogP contribution in [-0.2, 0) is 10.0 Å². The van der Waals surface area contributed by atoms with E-state index in [2.05, 4.69) is 25.6 Å². The van der Waals surface area contributed by atoms with Crippen LogP contribution < -0.4 is 4.72 Å². The average molecular weight is 387 g/mol. The molecule has 0 aliphatic heterocycles. The molecule has 0 aliphatic rings. The van der Waals surface area contributed by atoms with Gasteiger partial charge in [0.2, 0.25) is 0 Å². The zero-order valence-corrected chi connectivity index (χ0v) is 13.9. The van der Waals surface area contributed by atoms with E-state index >= 15 is 0 Å². The molecule has 21 heavy (non-hydrogen) atoms. The van der Waals surface area contributed by atoms with Crippen LogP contribution in [0.15, 0.2) is 40.0 Å². The maximum absolute atomic E-state index is 12.3. The van der Waals surface area contributed by atoms with Crippen molar-refractivity contribution in [3.63, 3.8) is 0 Å². The van der Waals surface area contributed by atoms with E-state index in [0.29, 0.717) is 10.3 Å². The predicted molar refractivity (Wildman–Crippen MR) is 83.6 cm³/mol. The van der Waals surface area contributed by atoms with Crippen molar-refractivity contribution < 1.29 is 8.42 Å². The molecular weight excluding hydrogens is 378 g/mol. The summed E-state index contributed by atoms with van der Waals surface area (Å²) in [4.78, 5) is 4.00. The van der Waals surface area contributed by atoms with Gasteiger partial charge in [0, 0.05) is 0 Å². The van der Waals surface area contributed by atoms with Crippen LogP contribution in [0.4, 0.5) is 5.69 Å². The van der Waals surface area contributed by atoms with Crippen molar-refractivity contribution >= 4 is 43.2 Å². The summed E-state index contributed by atoms with van der Waals surface area (Å²) in [6.07, 6.45) is 1.40. The van der Waals surface area contributed by atoms with Gasteiger partial charge in [0.1, 0.15) is 10.7 Å². The standard InChI is InChI=1S/C13H9BrClN3O2S/c1-8-4-10(7-17-13(8)14)18-21(19,20)11-3-2-9(6-16)12(15)5-11/h2-5,7,18H,1H3. The molecule has 0 saturated heterocycles. The number of nitrogens with zero attached hydrogens (tertiary/aromatic N) is 2. The van der Waals surface area contributed by atoms with E-state index in [0.717, 1.165) is 5.56 Å². The second-order valence-corrected chi connectivity index (χ2v) is 7.03. The SMILES string of the molecule is Cc1cc(NS(=O)(=O)c2ccc(C#N)c(Cl)c2)cnc1Br. The number of sulfonamides is 1. The number of aromatic nitrogens is 1. The summed E-state index contributed by atoms with van der Waals surface area (Å²) in [6.45, 7) is 1.80. The third-order valence-electron chi connectivity index (χ3n) is 2.64. The normalized spacial score (nSPS) is 11.0. The minimum absolute atomic E-state index is 0.0212. The van der Waals surface area contributed by atoms with E-state index in [1.54, 1.807) is 13.0 Å². The number of pyridine rings is 1. The maximum atomic E-state index is 12.3. The predicted octanol–water partition coefficient (Wildman–Crippen LogP) is 3.48. The van der Waals surface area contributed by atoms with Gasteiger partial charge in [0.15, 0.2) is 0 Å². The molecule has 1 aromatic heterocycles. The van der Waals surface area contributed by atoms with Crippen molar-refractivity contribution in [3.05, 3.63) is 51.2 Å². The fourth-order valence-electron chi connectivity index (χ4n) is 1.58. The molecule has 0 unspecified atom stereocenters. The van der Waals surface area contributed by atoms with Crippen molar-refractivity contribution in [1.29, 1.82) is 5.26 Å². The molecule has 1 N–H and O–H groups in total. The van der Waals surface area contributed by atoms with Crippen LogP contribution in [0.5, 0.6) is 0 Å². The average Bonchev–Trinajstić information content (AvgIpc) is 2.42.